The van der Waals surface area contributed by atoms with Crippen molar-refractivity contribution in [1.82, 2.24) is 0 Å². The van der Waals surface area contributed by atoms with E-state index in [2.05, 4.69) is 38.2 Å². The minimum absolute atomic E-state index is 0.152. The molecule has 8 heteroatoms. The van der Waals surface area contributed by atoms with Gasteiger partial charge in [-0.2, -0.15) is 4.99 Å². The Kier molecular flexibility index (Phi) is 9.32. The van der Waals surface area contributed by atoms with Crippen LogP contribution in [0.2, 0.25) is 0 Å². The molecule has 0 saturated heterocycles. The maximum atomic E-state index is 13.5. The molecule has 38 heavy (non-hydrogen) atoms. The first-order valence-corrected chi connectivity index (χ1v) is 13.4. The number of halogens is 1. The van der Waals surface area contributed by atoms with E-state index in [9.17, 15) is 9.59 Å². The van der Waals surface area contributed by atoms with E-state index in [-0.39, 0.29) is 5.91 Å². The molecule has 0 atom stereocenters. The van der Waals surface area contributed by atoms with E-state index in [1.54, 1.807) is 41.3 Å². The van der Waals surface area contributed by atoms with Crippen LogP contribution in [0.4, 0.5) is 5.69 Å². The summed E-state index contributed by atoms with van der Waals surface area (Å²) < 4.78 is 0.911. The predicted octanol–water partition coefficient (Wildman–Crippen LogP) is 7.23. The lowest BCUT2D eigenvalue weighted by Crippen LogP contribution is -2.28. The molecule has 1 aliphatic carbocycles. The summed E-state index contributed by atoms with van der Waals surface area (Å²) >= 11 is 3.53. The van der Waals surface area contributed by atoms with Gasteiger partial charge in [0.25, 0.3) is 11.8 Å². The second kappa shape index (κ2) is 13.1. The zero-order valence-corrected chi connectivity index (χ0v) is 22.6. The Hall–Kier alpha value is -3.91. The number of carbonyl (C=O) groups excluding carboxylic acids is 2. The molecule has 194 valence electrons. The van der Waals surface area contributed by atoms with Gasteiger partial charge in [-0.15, -0.1) is 5.11 Å². The standard InChI is InChI=1S/C30H30BrN5O2/c31-27-9-5-4-8-24(27)16-19-28(37)36(26-17-14-23(15-18-26)22-6-2-1-3-7-22)20-21-10-12-25(13-11-21)29(38)34-30(32)35-33/h4-5,8-19,22,33H,1-3,6-7,20H2,(H2,32,34,38)/b19-16+,35-33?. The SMILES string of the molecule is N=NC(N)=NC(=O)c1ccc(CN(C(=O)/C=C/c2ccccc2Br)c2ccc(C3CCCCC3)cc2)cc1. The van der Waals surface area contributed by atoms with Crippen molar-refractivity contribution in [1.29, 1.82) is 5.53 Å². The Morgan fingerprint density at radius 3 is 2.32 bits per heavy atom. The summed E-state index contributed by atoms with van der Waals surface area (Å²) in [6, 6.07) is 22.9. The Morgan fingerprint density at radius 1 is 0.974 bits per heavy atom. The van der Waals surface area contributed by atoms with E-state index >= 15 is 0 Å². The monoisotopic (exact) mass is 571 g/mol. The number of nitrogens with two attached hydrogens (primary N) is 1. The van der Waals surface area contributed by atoms with Crippen molar-refractivity contribution in [3.8, 4) is 0 Å². The molecule has 0 aliphatic heterocycles. The Morgan fingerprint density at radius 2 is 1.66 bits per heavy atom. The number of anilines is 1. The minimum Gasteiger partial charge on any atom is -0.366 e. The van der Waals surface area contributed by atoms with E-state index in [0.29, 0.717) is 18.0 Å². The lowest BCUT2D eigenvalue weighted by molar-refractivity contribution is -0.114. The first kappa shape index (κ1) is 27.1. The number of hydrogen-bond donors (Lipinski definition) is 2. The smallest absolute Gasteiger partial charge is 0.280 e. The maximum Gasteiger partial charge on any atom is 0.280 e. The molecule has 0 aromatic heterocycles. The Bertz CT molecular complexity index is 1340. The predicted molar refractivity (Wildman–Crippen MR) is 154 cm³/mol. The van der Waals surface area contributed by atoms with Crippen molar-refractivity contribution in [2.75, 3.05) is 4.90 Å². The van der Waals surface area contributed by atoms with Crippen LogP contribution in [0.25, 0.3) is 6.08 Å². The third kappa shape index (κ3) is 7.10. The maximum absolute atomic E-state index is 13.5. The number of guanidine groups is 1. The molecule has 7 nitrogen and oxygen atoms in total. The van der Waals surface area contributed by atoms with E-state index in [0.717, 1.165) is 21.3 Å². The number of nitrogens with one attached hydrogen (secondary N) is 1. The summed E-state index contributed by atoms with van der Waals surface area (Å²) in [5, 5.41) is 2.95. The van der Waals surface area contributed by atoms with Gasteiger partial charge in [-0.1, -0.05) is 77.7 Å². The van der Waals surface area contributed by atoms with Crippen LogP contribution < -0.4 is 10.6 Å². The van der Waals surface area contributed by atoms with Crippen LogP contribution >= 0.6 is 15.9 Å². The topological polar surface area (TPSA) is 112 Å². The summed E-state index contributed by atoms with van der Waals surface area (Å²) in [6.45, 7) is 0.323. The molecule has 0 spiro atoms. The minimum atomic E-state index is -0.576. The van der Waals surface area contributed by atoms with Gasteiger partial charge in [0.1, 0.15) is 0 Å². The Labute approximate surface area is 231 Å². The number of rotatable bonds is 7. The van der Waals surface area contributed by atoms with Gasteiger partial charge in [-0.25, -0.2) is 5.53 Å². The molecule has 0 unspecified atom stereocenters. The molecular weight excluding hydrogens is 542 g/mol. The number of carbonyl (C=O) groups is 2. The van der Waals surface area contributed by atoms with Gasteiger partial charge < -0.3 is 10.6 Å². The fraction of sp³-hybridized carbons (Fsp3) is 0.233. The molecule has 2 amide bonds. The highest BCUT2D eigenvalue weighted by Crippen LogP contribution is 2.33. The summed E-state index contributed by atoms with van der Waals surface area (Å²) in [5.74, 6) is -0.542. The molecule has 0 bridgehead atoms. The highest BCUT2D eigenvalue weighted by Gasteiger charge is 2.18. The fourth-order valence-corrected chi connectivity index (χ4v) is 5.07. The van der Waals surface area contributed by atoms with Gasteiger partial charge in [0.2, 0.25) is 5.96 Å². The molecular formula is C30H30BrN5O2. The molecule has 4 rings (SSSR count). The van der Waals surface area contributed by atoms with E-state index < -0.39 is 11.9 Å². The normalized spacial score (nSPS) is 14.4. The van der Waals surface area contributed by atoms with Crippen molar-refractivity contribution in [2.45, 2.75) is 44.6 Å². The number of amides is 2. The highest BCUT2D eigenvalue weighted by atomic mass is 79.9. The largest absolute Gasteiger partial charge is 0.366 e. The molecule has 0 heterocycles. The number of nitrogens with zero attached hydrogens (tertiary/aromatic N) is 3. The molecule has 1 saturated carbocycles. The number of aliphatic imine (C=N–C) groups is 1. The van der Waals surface area contributed by atoms with E-state index in [1.807, 2.05) is 36.4 Å². The highest BCUT2D eigenvalue weighted by molar-refractivity contribution is 9.10. The first-order valence-electron chi connectivity index (χ1n) is 12.6. The first-order chi connectivity index (χ1) is 18.4. The van der Waals surface area contributed by atoms with E-state index in [1.165, 1.54) is 37.7 Å². The molecule has 1 aliphatic rings. The lowest BCUT2D eigenvalue weighted by atomic mass is 9.84. The molecule has 3 aromatic rings. The van der Waals surface area contributed by atoms with Crippen molar-refractivity contribution >= 4 is 45.5 Å². The van der Waals surface area contributed by atoms with Gasteiger partial charge in [0, 0.05) is 21.8 Å². The van der Waals surface area contributed by atoms with Crippen LogP contribution in [-0.4, -0.2) is 17.8 Å². The van der Waals surface area contributed by atoms with Crippen LogP contribution in [0.3, 0.4) is 0 Å². The summed E-state index contributed by atoms with van der Waals surface area (Å²) in [6.07, 6.45) is 9.66. The second-order valence-electron chi connectivity index (χ2n) is 9.29. The number of benzene rings is 3. The van der Waals surface area contributed by atoms with Crippen LogP contribution in [0.1, 0.15) is 65.1 Å². The summed E-state index contributed by atoms with van der Waals surface area (Å²) in [7, 11) is 0. The van der Waals surface area contributed by atoms with Crippen molar-refractivity contribution in [3.05, 3.63) is 106 Å². The average molecular weight is 573 g/mol. The van der Waals surface area contributed by atoms with Gasteiger partial charge in [-0.05, 0) is 71.9 Å². The molecule has 0 radical (unpaired) electrons. The average Bonchev–Trinajstić information content (AvgIpc) is 2.96. The van der Waals surface area contributed by atoms with Crippen molar-refractivity contribution in [2.24, 2.45) is 15.8 Å². The van der Waals surface area contributed by atoms with Crippen LogP contribution in [0.15, 0.2) is 93.5 Å². The number of hydrogen-bond acceptors (Lipinski definition) is 3. The van der Waals surface area contributed by atoms with Crippen LogP contribution in [0.5, 0.6) is 0 Å². The van der Waals surface area contributed by atoms with Crippen molar-refractivity contribution < 1.29 is 9.59 Å². The van der Waals surface area contributed by atoms with E-state index in [4.69, 9.17) is 11.3 Å². The van der Waals surface area contributed by atoms with Gasteiger partial charge in [0.15, 0.2) is 0 Å². The summed E-state index contributed by atoms with van der Waals surface area (Å²) in [4.78, 5) is 30.9. The third-order valence-electron chi connectivity index (χ3n) is 6.73. The quantitative estimate of drug-likeness (QED) is 0.135. The Balaban J connectivity index is 1.58. The zero-order chi connectivity index (χ0) is 26.9. The van der Waals surface area contributed by atoms with Gasteiger partial charge >= 0.3 is 0 Å². The van der Waals surface area contributed by atoms with Gasteiger partial charge in [0.05, 0.1) is 6.54 Å². The van der Waals surface area contributed by atoms with Crippen LogP contribution in [-0.2, 0) is 11.3 Å². The molecule has 3 N–H and O–H groups in total. The molecule has 3 aromatic carbocycles. The van der Waals surface area contributed by atoms with Gasteiger partial charge in [-0.3, -0.25) is 9.59 Å². The zero-order valence-electron chi connectivity index (χ0n) is 21.0. The van der Waals surface area contributed by atoms with Crippen LogP contribution in [0, 0.1) is 5.53 Å². The third-order valence-corrected chi connectivity index (χ3v) is 7.45. The second-order valence-corrected chi connectivity index (χ2v) is 10.1. The fourth-order valence-electron chi connectivity index (χ4n) is 4.65. The lowest BCUT2D eigenvalue weighted by Gasteiger charge is -2.25. The summed E-state index contributed by atoms with van der Waals surface area (Å²) in [5.41, 5.74) is 16.4. The van der Waals surface area contributed by atoms with Crippen molar-refractivity contribution in [3.63, 3.8) is 0 Å². The molecule has 1 fully saturated rings.